The van der Waals surface area contributed by atoms with Crippen LogP contribution >= 0.6 is 15.9 Å². The molecule has 2 aliphatic carbocycles. The molecule has 30 heavy (non-hydrogen) atoms. The Morgan fingerprint density at radius 2 is 1.93 bits per heavy atom. The number of alkyl halides is 1. The number of ketones is 1. The van der Waals surface area contributed by atoms with Gasteiger partial charge in [-0.2, -0.15) is 0 Å². The summed E-state index contributed by atoms with van der Waals surface area (Å²) in [5, 5.41) is 2.91. The largest absolute Gasteiger partial charge is 0.486 e. The molecule has 1 N–H and O–H groups in total. The van der Waals surface area contributed by atoms with Gasteiger partial charge in [0, 0.05) is 30.3 Å². The van der Waals surface area contributed by atoms with Crippen molar-refractivity contribution < 1.29 is 19.1 Å². The molecule has 162 valence electrons. The number of fused-ring (bicyclic) bond motifs is 3. The summed E-state index contributed by atoms with van der Waals surface area (Å²) < 4.78 is 12.7. The second-order valence-corrected chi connectivity index (χ2v) is 11.6. The lowest BCUT2D eigenvalue weighted by Gasteiger charge is -2.66. The fraction of sp³-hybridized carbons (Fsp3) is 0.667. The molecule has 0 radical (unpaired) electrons. The molecule has 4 aliphatic rings. The summed E-state index contributed by atoms with van der Waals surface area (Å²) in [4.78, 5) is 25.4. The highest BCUT2D eigenvalue weighted by molar-refractivity contribution is 9.10. The van der Waals surface area contributed by atoms with Gasteiger partial charge in [-0.05, 0) is 36.8 Å². The molecule has 1 amide bonds. The number of Topliss-reactive ketones (excluding diaryl/α,β-unsaturated/α-hetero) is 1. The molecule has 2 saturated carbocycles. The quantitative estimate of drug-likeness (QED) is 0.604. The number of methoxy groups -OCH3 is 1. The first-order valence-corrected chi connectivity index (χ1v) is 11.8. The minimum absolute atomic E-state index is 0.0975. The van der Waals surface area contributed by atoms with Crippen LogP contribution in [0.15, 0.2) is 12.1 Å². The van der Waals surface area contributed by atoms with Crippen LogP contribution in [-0.4, -0.2) is 29.2 Å². The lowest BCUT2D eigenvalue weighted by atomic mass is 9.44. The average molecular weight is 476 g/mol. The maximum Gasteiger partial charge on any atom is 0.254 e. The van der Waals surface area contributed by atoms with Crippen LogP contribution in [0.25, 0.3) is 0 Å². The number of amides is 1. The van der Waals surface area contributed by atoms with Gasteiger partial charge < -0.3 is 14.8 Å². The van der Waals surface area contributed by atoms with Gasteiger partial charge >= 0.3 is 0 Å². The third-order valence-corrected chi connectivity index (χ3v) is 9.64. The number of hydrogen-bond acceptors (Lipinski definition) is 4. The van der Waals surface area contributed by atoms with Crippen molar-refractivity contribution in [3.05, 3.63) is 28.8 Å². The van der Waals surface area contributed by atoms with Crippen LogP contribution in [0.1, 0.15) is 74.7 Å². The molecule has 1 aromatic carbocycles. The number of hydrogen-bond donors (Lipinski definition) is 1. The van der Waals surface area contributed by atoms with E-state index in [0.29, 0.717) is 17.9 Å². The molecule has 0 saturated heterocycles. The van der Waals surface area contributed by atoms with Crippen molar-refractivity contribution in [3.8, 4) is 5.75 Å². The molecule has 0 aromatic heterocycles. The molecule has 2 heterocycles. The third-order valence-electron chi connectivity index (χ3n) is 8.90. The summed E-state index contributed by atoms with van der Waals surface area (Å²) in [7, 11) is 1.60. The Morgan fingerprint density at radius 1 is 1.20 bits per heavy atom. The molecule has 2 aliphatic heterocycles. The summed E-state index contributed by atoms with van der Waals surface area (Å²) in [6, 6.07) is 3.95. The molecule has 0 bridgehead atoms. The summed E-state index contributed by atoms with van der Waals surface area (Å²) in [5.41, 5.74) is 1.53. The van der Waals surface area contributed by atoms with Crippen molar-refractivity contribution in [2.75, 3.05) is 7.11 Å². The van der Waals surface area contributed by atoms with Gasteiger partial charge in [-0.25, -0.2) is 0 Å². The van der Waals surface area contributed by atoms with E-state index in [1.165, 1.54) is 0 Å². The predicted molar refractivity (Wildman–Crippen MR) is 117 cm³/mol. The van der Waals surface area contributed by atoms with Gasteiger partial charge in [0.25, 0.3) is 5.91 Å². The van der Waals surface area contributed by atoms with Crippen LogP contribution in [0.5, 0.6) is 5.75 Å². The van der Waals surface area contributed by atoms with Crippen LogP contribution in [0.2, 0.25) is 0 Å². The first-order chi connectivity index (χ1) is 14.1. The maximum atomic E-state index is 13.2. The Balaban J connectivity index is 1.74. The maximum absolute atomic E-state index is 13.2. The fourth-order valence-electron chi connectivity index (χ4n) is 6.98. The topological polar surface area (TPSA) is 64.6 Å². The van der Waals surface area contributed by atoms with Crippen molar-refractivity contribution in [2.45, 2.75) is 70.0 Å². The molecule has 0 unspecified atom stereocenters. The Bertz CT molecular complexity index is 959. The second-order valence-electron chi connectivity index (χ2n) is 10.5. The first kappa shape index (κ1) is 20.5. The van der Waals surface area contributed by atoms with Gasteiger partial charge in [0.15, 0.2) is 12.0 Å². The van der Waals surface area contributed by atoms with Crippen LogP contribution in [0.3, 0.4) is 0 Å². The van der Waals surface area contributed by atoms with Gasteiger partial charge in [-0.1, -0.05) is 49.7 Å². The van der Waals surface area contributed by atoms with E-state index < -0.39 is 17.2 Å². The van der Waals surface area contributed by atoms with E-state index >= 15 is 0 Å². The highest BCUT2D eigenvalue weighted by Gasteiger charge is 2.69. The lowest BCUT2D eigenvalue weighted by Crippen LogP contribution is -2.71. The van der Waals surface area contributed by atoms with E-state index in [2.05, 4.69) is 48.9 Å². The monoisotopic (exact) mass is 475 g/mol. The van der Waals surface area contributed by atoms with E-state index in [-0.39, 0.29) is 27.9 Å². The zero-order valence-corrected chi connectivity index (χ0v) is 19.9. The zero-order chi connectivity index (χ0) is 21.6. The SMILES string of the molecule is CO[C@H]1NC(=O)c2ccc3c(c21)O[C@@]12C[C@@H](Br)C(=O)C(C)(C)[C@@H]1CC[C@H](C)[C@@]2(C)C3. The molecule has 5 nitrogen and oxygen atoms in total. The van der Waals surface area contributed by atoms with Crippen LogP contribution < -0.4 is 10.1 Å². The highest BCUT2D eigenvalue weighted by Crippen LogP contribution is 2.66. The van der Waals surface area contributed by atoms with Crippen molar-refractivity contribution >= 4 is 27.6 Å². The smallest absolute Gasteiger partial charge is 0.254 e. The summed E-state index contributed by atoms with van der Waals surface area (Å²) in [6.07, 6.45) is 3.10. The lowest BCUT2D eigenvalue weighted by molar-refractivity contribution is -0.207. The molecular weight excluding hydrogens is 446 g/mol. The number of benzene rings is 1. The number of nitrogens with one attached hydrogen (secondary N) is 1. The van der Waals surface area contributed by atoms with E-state index in [1.54, 1.807) is 7.11 Å². The van der Waals surface area contributed by atoms with E-state index in [4.69, 9.17) is 9.47 Å². The number of rotatable bonds is 1. The summed E-state index contributed by atoms with van der Waals surface area (Å²) in [5.74, 6) is 1.54. The van der Waals surface area contributed by atoms with Crippen molar-refractivity contribution in [3.63, 3.8) is 0 Å². The Hall–Kier alpha value is -1.40. The van der Waals surface area contributed by atoms with Gasteiger partial charge in [-0.3, -0.25) is 9.59 Å². The highest BCUT2D eigenvalue weighted by atomic mass is 79.9. The van der Waals surface area contributed by atoms with E-state index in [9.17, 15) is 9.59 Å². The average Bonchev–Trinajstić information content (AvgIpc) is 3.02. The van der Waals surface area contributed by atoms with E-state index in [0.717, 1.165) is 36.1 Å². The number of carbonyl (C=O) groups excluding carboxylic acids is 2. The molecule has 6 atom stereocenters. The molecule has 5 rings (SSSR count). The third kappa shape index (κ3) is 2.32. The molecular formula is C24H30BrNO4. The zero-order valence-electron chi connectivity index (χ0n) is 18.3. The van der Waals surface area contributed by atoms with Crippen molar-refractivity contribution in [1.82, 2.24) is 5.32 Å². The minimum atomic E-state index is -0.499. The van der Waals surface area contributed by atoms with Crippen LogP contribution in [0, 0.1) is 22.7 Å². The number of ether oxygens (including phenoxy) is 2. The van der Waals surface area contributed by atoms with Gasteiger partial charge in [0.05, 0.1) is 16.0 Å². The predicted octanol–water partition coefficient (Wildman–Crippen LogP) is 4.56. The van der Waals surface area contributed by atoms with Gasteiger partial charge in [0.2, 0.25) is 0 Å². The molecule has 1 spiro atoms. The molecule has 1 aromatic rings. The van der Waals surface area contributed by atoms with Crippen LogP contribution in [0.4, 0.5) is 0 Å². The molecule has 2 fully saturated rings. The molecule has 6 heteroatoms. The first-order valence-electron chi connectivity index (χ1n) is 10.9. The minimum Gasteiger partial charge on any atom is -0.486 e. The summed E-state index contributed by atoms with van der Waals surface area (Å²) >= 11 is 3.71. The van der Waals surface area contributed by atoms with Crippen LogP contribution in [-0.2, 0) is 16.0 Å². The van der Waals surface area contributed by atoms with Crippen molar-refractivity contribution in [2.24, 2.45) is 22.7 Å². The normalized spacial score (nSPS) is 41.1. The fourth-order valence-corrected chi connectivity index (χ4v) is 8.05. The number of halogens is 1. The standard InChI is InChI=1S/C24H30BrNO4/c1-12-6-9-16-22(2,3)19(27)15(25)11-24(16)23(12,4)10-13-7-8-14-17(18(13)30-24)21(29-5)26-20(14)28/h7-8,12,15-16,21H,6,9-11H2,1-5H3,(H,26,28)/t12-,15+,16-,21+,23+,24-/m0/s1. The van der Waals surface area contributed by atoms with E-state index in [1.807, 2.05) is 12.1 Å². The van der Waals surface area contributed by atoms with Crippen molar-refractivity contribution in [1.29, 1.82) is 0 Å². The summed E-state index contributed by atoms with van der Waals surface area (Å²) in [6.45, 7) is 8.85. The number of carbonyl (C=O) groups is 2. The Morgan fingerprint density at radius 3 is 2.63 bits per heavy atom. The Kier molecular flexibility index (Phi) is 4.32. The Labute approximate surface area is 186 Å². The second kappa shape index (κ2) is 6.32. The van der Waals surface area contributed by atoms with Gasteiger partial charge in [0.1, 0.15) is 11.4 Å². The van der Waals surface area contributed by atoms with Gasteiger partial charge in [-0.15, -0.1) is 0 Å².